The number of nitrogens with one attached hydrogen (secondary N) is 1. The highest BCUT2D eigenvalue weighted by molar-refractivity contribution is 6.32. The minimum Gasteiger partial charge on any atom is -0.444 e. The summed E-state index contributed by atoms with van der Waals surface area (Å²) in [6, 6.07) is 10.9. The van der Waals surface area contributed by atoms with Gasteiger partial charge in [-0.25, -0.2) is 9.78 Å². The number of ether oxygens (including phenoxy) is 1. The lowest BCUT2D eigenvalue weighted by molar-refractivity contribution is 0.155. The number of halogens is 1. The molecule has 0 saturated carbocycles. The average Bonchev–Trinajstić information content (AvgIpc) is 2.48. The molecule has 0 fully saturated rings. The van der Waals surface area contributed by atoms with Crippen molar-refractivity contribution in [2.75, 3.05) is 5.32 Å². The number of aliphatic hydroxyl groups is 1. The van der Waals surface area contributed by atoms with Crippen LogP contribution < -0.4 is 5.32 Å². The number of anilines is 1. The van der Waals surface area contributed by atoms with E-state index in [2.05, 4.69) is 10.3 Å². The predicted molar refractivity (Wildman–Crippen MR) is 75.4 cm³/mol. The molecule has 5 nitrogen and oxygen atoms in total. The molecule has 1 heterocycles. The summed E-state index contributed by atoms with van der Waals surface area (Å²) in [6.07, 6.45) is 0.802. The fourth-order valence-electron chi connectivity index (χ4n) is 1.53. The van der Waals surface area contributed by atoms with Crippen LogP contribution in [0.3, 0.4) is 0 Å². The fourth-order valence-corrected chi connectivity index (χ4v) is 1.69. The Morgan fingerprint density at radius 1 is 1.30 bits per heavy atom. The van der Waals surface area contributed by atoms with Gasteiger partial charge in [0.1, 0.15) is 6.61 Å². The maximum atomic E-state index is 11.7. The summed E-state index contributed by atoms with van der Waals surface area (Å²) >= 11 is 5.85. The molecule has 0 aliphatic rings. The number of nitrogens with zero attached hydrogens (tertiary/aromatic N) is 1. The zero-order valence-electron chi connectivity index (χ0n) is 10.5. The largest absolute Gasteiger partial charge is 0.444 e. The molecule has 1 aromatic carbocycles. The molecule has 1 amide bonds. The number of aliphatic hydroxyl groups excluding tert-OH is 1. The van der Waals surface area contributed by atoms with Gasteiger partial charge in [-0.3, -0.25) is 5.32 Å². The third-order valence-electron chi connectivity index (χ3n) is 2.53. The second kappa shape index (κ2) is 6.88. The van der Waals surface area contributed by atoms with Crippen molar-refractivity contribution in [1.29, 1.82) is 0 Å². The van der Waals surface area contributed by atoms with Gasteiger partial charge in [0.15, 0.2) is 5.15 Å². The highest BCUT2D eigenvalue weighted by Gasteiger charge is 2.09. The number of carbonyl (C=O) groups is 1. The average molecular weight is 293 g/mol. The molecule has 6 heteroatoms. The third kappa shape index (κ3) is 3.94. The van der Waals surface area contributed by atoms with E-state index in [1.807, 2.05) is 30.3 Å². The van der Waals surface area contributed by atoms with Crippen molar-refractivity contribution in [3.8, 4) is 0 Å². The van der Waals surface area contributed by atoms with Gasteiger partial charge in [0.2, 0.25) is 0 Å². The quantitative estimate of drug-likeness (QED) is 0.850. The van der Waals surface area contributed by atoms with Crippen LogP contribution in [0.15, 0.2) is 42.6 Å². The third-order valence-corrected chi connectivity index (χ3v) is 2.83. The SMILES string of the molecule is O=C(Nc1cc(CO)cnc1Cl)OCc1ccccc1. The van der Waals surface area contributed by atoms with Gasteiger partial charge in [-0.1, -0.05) is 41.9 Å². The van der Waals surface area contributed by atoms with Crippen LogP contribution in [0.4, 0.5) is 10.5 Å². The number of hydrogen-bond acceptors (Lipinski definition) is 4. The first-order valence-electron chi connectivity index (χ1n) is 5.92. The van der Waals surface area contributed by atoms with Crippen molar-refractivity contribution >= 4 is 23.4 Å². The second-order valence-corrected chi connectivity index (χ2v) is 4.38. The van der Waals surface area contributed by atoms with Crippen molar-refractivity contribution in [2.24, 2.45) is 0 Å². The summed E-state index contributed by atoms with van der Waals surface area (Å²) < 4.78 is 5.06. The van der Waals surface area contributed by atoms with E-state index >= 15 is 0 Å². The maximum absolute atomic E-state index is 11.7. The molecule has 2 aromatic rings. The molecule has 1 aromatic heterocycles. The molecular formula is C14H13ClN2O3. The Kier molecular flexibility index (Phi) is 4.92. The number of hydrogen-bond donors (Lipinski definition) is 2. The predicted octanol–water partition coefficient (Wildman–Crippen LogP) is 2.98. The van der Waals surface area contributed by atoms with Crippen LogP contribution in [-0.2, 0) is 18.0 Å². The van der Waals surface area contributed by atoms with Crippen molar-refractivity contribution in [3.05, 3.63) is 58.9 Å². The number of rotatable bonds is 4. The zero-order chi connectivity index (χ0) is 14.4. The summed E-state index contributed by atoms with van der Waals surface area (Å²) in [4.78, 5) is 15.5. The van der Waals surface area contributed by atoms with E-state index in [1.165, 1.54) is 6.20 Å². The molecule has 0 aliphatic heterocycles. The number of pyridine rings is 1. The summed E-state index contributed by atoms with van der Waals surface area (Å²) in [6.45, 7) is -0.0185. The first-order chi connectivity index (χ1) is 9.69. The van der Waals surface area contributed by atoms with Crippen molar-refractivity contribution in [3.63, 3.8) is 0 Å². The first kappa shape index (κ1) is 14.3. The standard InChI is InChI=1S/C14H13ClN2O3/c15-13-12(6-11(8-18)7-16-13)17-14(19)20-9-10-4-2-1-3-5-10/h1-7,18H,8-9H2,(H,17,19). The van der Waals surface area contributed by atoms with Crippen LogP contribution in [0.1, 0.15) is 11.1 Å². The smallest absolute Gasteiger partial charge is 0.412 e. The Morgan fingerprint density at radius 2 is 2.05 bits per heavy atom. The summed E-state index contributed by atoms with van der Waals surface area (Å²) in [5.74, 6) is 0. The number of amides is 1. The topological polar surface area (TPSA) is 71.5 Å². The van der Waals surface area contributed by atoms with E-state index in [0.717, 1.165) is 5.56 Å². The zero-order valence-corrected chi connectivity index (χ0v) is 11.3. The minimum atomic E-state index is -0.632. The van der Waals surface area contributed by atoms with Gasteiger partial charge in [0.05, 0.1) is 12.3 Å². The number of carbonyl (C=O) groups excluding carboxylic acids is 1. The highest BCUT2D eigenvalue weighted by atomic mass is 35.5. The molecule has 0 radical (unpaired) electrons. The Balaban J connectivity index is 1.94. The van der Waals surface area contributed by atoms with Gasteiger partial charge in [-0.2, -0.15) is 0 Å². The lowest BCUT2D eigenvalue weighted by Crippen LogP contribution is -2.14. The van der Waals surface area contributed by atoms with E-state index in [-0.39, 0.29) is 18.4 Å². The molecule has 0 aliphatic carbocycles. The van der Waals surface area contributed by atoms with E-state index in [4.69, 9.17) is 21.4 Å². The molecule has 2 rings (SSSR count). The number of benzene rings is 1. The van der Waals surface area contributed by atoms with E-state index in [1.54, 1.807) is 6.07 Å². The molecule has 0 saturated heterocycles. The van der Waals surface area contributed by atoms with Gasteiger partial charge >= 0.3 is 6.09 Å². The first-order valence-corrected chi connectivity index (χ1v) is 6.30. The Hall–Kier alpha value is -2.11. The number of aromatic nitrogens is 1. The fraction of sp³-hybridized carbons (Fsp3) is 0.143. The van der Waals surface area contributed by atoms with Crippen LogP contribution >= 0.6 is 11.6 Å². The van der Waals surface area contributed by atoms with Crippen LogP contribution in [0.25, 0.3) is 0 Å². The minimum absolute atomic E-state index is 0.138. The van der Waals surface area contributed by atoms with Crippen LogP contribution in [-0.4, -0.2) is 16.2 Å². The Bertz CT molecular complexity index is 590. The van der Waals surface area contributed by atoms with E-state index in [0.29, 0.717) is 11.3 Å². The van der Waals surface area contributed by atoms with Crippen LogP contribution in [0.5, 0.6) is 0 Å². The van der Waals surface area contributed by atoms with E-state index < -0.39 is 6.09 Å². The molecule has 0 unspecified atom stereocenters. The van der Waals surface area contributed by atoms with Gasteiger partial charge < -0.3 is 9.84 Å². The van der Waals surface area contributed by atoms with Gasteiger partial charge in [-0.05, 0) is 17.2 Å². The molecule has 20 heavy (non-hydrogen) atoms. The van der Waals surface area contributed by atoms with Crippen LogP contribution in [0, 0.1) is 0 Å². The van der Waals surface area contributed by atoms with Gasteiger partial charge in [0.25, 0.3) is 0 Å². The molecule has 2 N–H and O–H groups in total. The second-order valence-electron chi connectivity index (χ2n) is 4.03. The van der Waals surface area contributed by atoms with Crippen molar-refractivity contribution in [1.82, 2.24) is 4.98 Å². The summed E-state index contributed by atoms with van der Waals surface area (Å²) in [5, 5.41) is 11.6. The highest BCUT2D eigenvalue weighted by Crippen LogP contribution is 2.20. The lowest BCUT2D eigenvalue weighted by atomic mass is 10.2. The molecule has 0 atom stereocenters. The summed E-state index contributed by atoms with van der Waals surface area (Å²) in [7, 11) is 0. The van der Waals surface area contributed by atoms with E-state index in [9.17, 15) is 4.79 Å². The normalized spacial score (nSPS) is 10.1. The molecule has 0 bridgehead atoms. The molecule has 0 spiro atoms. The monoisotopic (exact) mass is 292 g/mol. The Morgan fingerprint density at radius 3 is 2.75 bits per heavy atom. The van der Waals surface area contributed by atoms with Crippen molar-refractivity contribution < 1.29 is 14.6 Å². The summed E-state index contributed by atoms with van der Waals surface area (Å²) in [5.41, 5.74) is 1.74. The van der Waals surface area contributed by atoms with Gasteiger partial charge in [-0.15, -0.1) is 0 Å². The molecule has 104 valence electrons. The Labute approximate surface area is 121 Å². The lowest BCUT2D eigenvalue weighted by Gasteiger charge is -2.09. The molecular weight excluding hydrogens is 280 g/mol. The maximum Gasteiger partial charge on any atom is 0.412 e. The van der Waals surface area contributed by atoms with Crippen molar-refractivity contribution in [2.45, 2.75) is 13.2 Å². The van der Waals surface area contributed by atoms with Gasteiger partial charge in [0, 0.05) is 6.20 Å². The van der Waals surface area contributed by atoms with Crippen LogP contribution in [0.2, 0.25) is 5.15 Å².